The molecule has 0 unspecified atom stereocenters. The molecule has 0 spiro atoms. The molecule has 0 aliphatic heterocycles. The van der Waals surface area contributed by atoms with Crippen molar-refractivity contribution in [2.24, 2.45) is 5.92 Å². The topological polar surface area (TPSA) is 89.8 Å². The Kier molecular flexibility index (Phi) is 3.87. The van der Waals surface area contributed by atoms with Gasteiger partial charge in [-0.1, -0.05) is 20.8 Å². The molecule has 1 aliphatic rings. The Morgan fingerprint density at radius 1 is 1.22 bits per heavy atom. The number of sulfonamides is 1. The number of anilines is 1. The molecule has 3 rings (SSSR count). The van der Waals surface area contributed by atoms with Crippen LogP contribution in [0.15, 0.2) is 29.7 Å². The molecule has 1 N–H and O–H groups in total. The Labute approximate surface area is 136 Å². The van der Waals surface area contributed by atoms with Gasteiger partial charge in [0.25, 0.3) is 10.0 Å². The predicted octanol–water partition coefficient (Wildman–Crippen LogP) is 2.18. The second-order valence-electron chi connectivity index (χ2n) is 6.99. The smallest absolute Gasteiger partial charge is 0.265 e. The SMILES string of the molecule is CC(C)(C)c1ncc(NS(=O)(=O)c2cnn(CC3CC3)c2)cn1. The van der Waals surface area contributed by atoms with E-state index in [1.54, 1.807) is 10.9 Å². The number of hydrogen-bond acceptors (Lipinski definition) is 5. The highest BCUT2D eigenvalue weighted by Gasteiger charge is 2.24. The van der Waals surface area contributed by atoms with E-state index in [9.17, 15) is 8.42 Å². The zero-order valence-electron chi connectivity index (χ0n) is 13.5. The van der Waals surface area contributed by atoms with Crippen LogP contribution in [0.3, 0.4) is 0 Å². The van der Waals surface area contributed by atoms with E-state index in [0.717, 1.165) is 6.54 Å². The van der Waals surface area contributed by atoms with Crippen LogP contribution in [-0.4, -0.2) is 28.2 Å². The highest BCUT2D eigenvalue weighted by atomic mass is 32.2. The average Bonchev–Trinajstić information content (AvgIpc) is 3.12. The Morgan fingerprint density at radius 2 is 1.87 bits per heavy atom. The van der Waals surface area contributed by atoms with Gasteiger partial charge < -0.3 is 0 Å². The van der Waals surface area contributed by atoms with Crippen molar-refractivity contribution >= 4 is 15.7 Å². The van der Waals surface area contributed by atoms with Crippen molar-refractivity contribution in [2.45, 2.75) is 50.5 Å². The largest absolute Gasteiger partial charge is 0.276 e. The fourth-order valence-corrected chi connectivity index (χ4v) is 3.11. The fraction of sp³-hybridized carbons (Fsp3) is 0.533. The third-order valence-corrected chi connectivity index (χ3v) is 4.97. The summed E-state index contributed by atoms with van der Waals surface area (Å²) in [5.41, 5.74) is 0.161. The van der Waals surface area contributed by atoms with Crippen LogP contribution >= 0.6 is 0 Å². The van der Waals surface area contributed by atoms with Gasteiger partial charge in [-0.25, -0.2) is 18.4 Å². The molecule has 2 heterocycles. The molecule has 23 heavy (non-hydrogen) atoms. The summed E-state index contributed by atoms with van der Waals surface area (Å²) in [5, 5.41) is 4.12. The molecule has 0 saturated heterocycles. The number of nitrogens with one attached hydrogen (secondary N) is 1. The molecule has 1 fully saturated rings. The van der Waals surface area contributed by atoms with Crippen molar-refractivity contribution < 1.29 is 8.42 Å². The maximum Gasteiger partial charge on any atom is 0.265 e. The molecular formula is C15H21N5O2S. The summed E-state index contributed by atoms with van der Waals surface area (Å²) in [7, 11) is -3.67. The van der Waals surface area contributed by atoms with Gasteiger partial charge in [0.15, 0.2) is 0 Å². The van der Waals surface area contributed by atoms with Crippen LogP contribution in [0.5, 0.6) is 0 Å². The number of hydrogen-bond donors (Lipinski definition) is 1. The van der Waals surface area contributed by atoms with Crippen molar-refractivity contribution in [3.8, 4) is 0 Å². The van der Waals surface area contributed by atoms with Gasteiger partial charge in [-0.2, -0.15) is 5.10 Å². The van der Waals surface area contributed by atoms with Gasteiger partial charge in [0.05, 0.1) is 24.3 Å². The van der Waals surface area contributed by atoms with Gasteiger partial charge in [0.2, 0.25) is 0 Å². The second kappa shape index (κ2) is 5.59. The average molecular weight is 335 g/mol. The van der Waals surface area contributed by atoms with E-state index in [-0.39, 0.29) is 10.3 Å². The molecule has 0 bridgehead atoms. The van der Waals surface area contributed by atoms with Crippen molar-refractivity contribution in [2.75, 3.05) is 4.72 Å². The summed E-state index contributed by atoms with van der Waals surface area (Å²) in [5.74, 6) is 1.30. The minimum atomic E-state index is -3.67. The van der Waals surface area contributed by atoms with Crippen LogP contribution in [-0.2, 0) is 22.0 Å². The zero-order chi connectivity index (χ0) is 16.7. The van der Waals surface area contributed by atoms with Gasteiger partial charge >= 0.3 is 0 Å². The van der Waals surface area contributed by atoms with Crippen LogP contribution in [0, 0.1) is 5.92 Å². The van der Waals surface area contributed by atoms with Gasteiger partial charge in [-0.05, 0) is 18.8 Å². The Bertz CT molecular complexity index is 786. The summed E-state index contributed by atoms with van der Waals surface area (Å²) < 4.78 is 28.9. The molecule has 0 atom stereocenters. The first-order valence-corrected chi connectivity index (χ1v) is 9.10. The lowest BCUT2D eigenvalue weighted by Crippen LogP contribution is -2.17. The monoisotopic (exact) mass is 335 g/mol. The van der Waals surface area contributed by atoms with E-state index in [1.165, 1.54) is 31.4 Å². The molecule has 0 amide bonds. The number of nitrogens with zero attached hydrogens (tertiary/aromatic N) is 4. The number of rotatable bonds is 5. The Hall–Kier alpha value is -1.96. The fourth-order valence-electron chi connectivity index (χ4n) is 2.13. The van der Waals surface area contributed by atoms with E-state index in [2.05, 4.69) is 19.8 Å². The molecule has 124 valence electrons. The highest BCUT2D eigenvalue weighted by Crippen LogP contribution is 2.30. The first-order valence-electron chi connectivity index (χ1n) is 7.62. The molecule has 7 nitrogen and oxygen atoms in total. The summed E-state index contributed by atoms with van der Waals surface area (Å²) in [6, 6.07) is 0. The minimum absolute atomic E-state index is 0.151. The lowest BCUT2D eigenvalue weighted by atomic mass is 9.96. The summed E-state index contributed by atoms with van der Waals surface area (Å²) in [6.07, 6.45) is 8.29. The zero-order valence-corrected chi connectivity index (χ0v) is 14.3. The van der Waals surface area contributed by atoms with E-state index in [4.69, 9.17) is 0 Å². The first kappa shape index (κ1) is 15.9. The van der Waals surface area contributed by atoms with Gasteiger partial charge in [0, 0.05) is 18.2 Å². The molecule has 1 aliphatic carbocycles. The van der Waals surface area contributed by atoms with Crippen LogP contribution < -0.4 is 4.72 Å². The van der Waals surface area contributed by atoms with Crippen LogP contribution in [0.2, 0.25) is 0 Å². The lowest BCUT2D eigenvalue weighted by molar-refractivity contribution is 0.545. The third kappa shape index (κ3) is 3.87. The standard InChI is InChI=1S/C15H21N5O2S/c1-15(2,3)14-16-6-12(7-17-14)19-23(21,22)13-8-18-20(10-13)9-11-4-5-11/h6-8,10-11,19H,4-5,9H2,1-3H3. The molecule has 1 saturated carbocycles. The highest BCUT2D eigenvalue weighted by molar-refractivity contribution is 7.92. The van der Waals surface area contributed by atoms with Gasteiger partial charge in [0.1, 0.15) is 10.7 Å². The van der Waals surface area contributed by atoms with E-state index in [1.807, 2.05) is 20.8 Å². The summed E-state index contributed by atoms with van der Waals surface area (Å²) in [4.78, 5) is 8.59. The van der Waals surface area contributed by atoms with Crippen molar-refractivity contribution in [1.29, 1.82) is 0 Å². The lowest BCUT2D eigenvalue weighted by Gasteiger charge is -2.16. The van der Waals surface area contributed by atoms with Crippen molar-refractivity contribution in [3.05, 3.63) is 30.6 Å². The molecule has 2 aromatic rings. The van der Waals surface area contributed by atoms with Gasteiger partial charge in [-0.15, -0.1) is 0 Å². The van der Waals surface area contributed by atoms with E-state index < -0.39 is 10.0 Å². The van der Waals surface area contributed by atoms with Gasteiger partial charge in [-0.3, -0.25) is 9.40 Å². The number of aromatic nitrogens is 4. The van der Waals surface area contributed by atoms with Crippen LogP contribution in [0.1, 0.15) is 39.4 Å². The molecule has 0 aromatic carbocycles. The molecular weight excluding hydrogens is 314 g/mol. The van der Waals surface area contributed by atoms with Crippen LogP contribution in [0.4, 0.5) is 5.69 Å². The predicted molar refractivity (Wildman–Crippen MR) is 86.5 cm³/mol. The maximum absolute atomic E-state index is 12.4. The van der Waals surface area contributed by atoms with Crippen molar-refractivity contribution in [1.82, 2.24) is 19.7 Å². The normalized spacial score (nSPS) is 15.6. The van der Waals surface area contributed by atoms with E-state index in [0.29, 0.717) is 17.4 Å². The van der Waals surface area contributed by atoms with Crippen LogP contribution in [0.25, 0.3) is 0 Å². The van der Waals surface area contributed by atoms with E-state index >= 15 is 0 Å². The third-order valence-electron chi connectivity index (χ3n) is 3.64. The summed E-state index contributed by atoms with van der Waals surface area (Å²) >= 11 is 0. The van der Waals surface area contributed by atoms with Crippen molar-refractivity contribution in [3.63, 3.8) is 0 Å². The summed E-state index contributed by atoms with van der Waals surface area (Å²) in [6.45, 7) is 6.78. The Balaban J connectivity index is 1.73. The first-order chi connectivity index (χ1) is 10.7. The Morgan fingerprint density at radius 3 is 2.43 bits per heavy atom. The molecule has 2 aromatic heterocycles. The second-order valence-corrected chi connectivity index (χ2v) is 8.67. The molecule has 0 radical (unpaired) electrons. The minimum Gasteiger partial charge on any atom is -0.276 e. The maximum atomic E-state index is 12.4. The quantitative estimate of drug-likeness (QED) is 0.904. The molecule has 8 heteroatoms.